The minimum absolute atomic E-state index is 0.213. The van der Waals surface area contributed by atoms with Gasteiger partial charge in [0.25, 0.3) is 0 Å². The Bertz CT molecular complexity index is 320. The summed E-state index contributed by atoms with van der Waals surface area (Å²) >= 11 is 0. The summed E-state index contributed by atoms with van der Waals surface area (Å²) in [5.74, 6) is -0.840. The smallest absolute Gasteiger partial charge is 0.334 e. The van der Waals surface area contributed by atoms with Crippen molar-refractivity contribution in [3.63, 3.8) is 0 Å². The fourth-order valence-corrected chi connectivity index (χ4v) is 1.72. The van der Waals surface area contributed by atoms with Crippen LogP contribution >= 0.6 is 0 Å². The van der Waals surface area contributed by atoms with Crippen LogP contribution in [-0.4, -0.2) is 33.5 Å². The Labute approximate surface area is 78.5 Å². The first-order valence-electron chi connectivity index (χ1n) is 3.70. The molecule has 76 valence electrons. The second kappa shape index (κ2) is 4.41. The number of methoxy groups -OCH3 is 1. The van der Waals surface area contributed by atoms with Crippen molar-refractivity contribution in [2.45, 2.75) is 13.8 Å². The van der Waals surface area contributed by atoms with E-state index in [4.69, 9.17) is 0 Å². The lowest BCUT2D eigenvalue weighted by molar-refractivity contribution is -0.136. The molecule has 13 heavy (non-hydrogen) atoms. The summed E-state index contributed by atoms with van der Waals surface area (Å²) in [6, 6.07) is 0. The van der Waals surface area contributed by atoms with Crippen molar-refractivity contribution in [2.24, 2.45) is 0 Å². The van der Waals surface area contributed by atoms with Crippen molar-refractivity contribution in [3.8, 4) is 0 Å². The first-order chi connectivity index (χ1) is 5.78. The molecule has 0 aliphatic heterocycles. The van der Waals surface area contributed by atoms with Gasteiger partial charge in [0.2, 0.25) is 0 Å². The molecule has 4 nitrogen and oxygen atoms in total. The average molecular weight is 206 g/mol. The monoisotopic (exact) mass is 206 g/mol. The van der Waals surface area contributed by atoms with Crippen LogP contribution in [0.15, 0.2) is 11.1 Å². The van der Waals surface area contributed by atoms with Gasteiger partial charge in [0.15, 0.2) is 9.84 Å². The van der Waals surface area contributed by atoms with Gasteiger partial charge in [0, 0.05) is 6.26 Å². The molecule has 0 radical (unpaired) electrons. The highest BCUT2D eigenvalue weighted by Crippen LogP contribution is 2.08. The standard InChI is InChI=1S/C8H14O4S/c1-6(2)7(8(9)12-3)5-13(4,10)11/h5H2,1-4H3. The van der Waals surface area contributed by atoms with Gasteiger partial charge in [0.05, 0.1) is 18.4 Å². The summed E-state index contributed by atoms with van der Waals surface area (Å²) < 4.78 is 26.3. The number of sulfone groups is 1. The summed E-state index contributed by atoms with van der Waals surface area (Å²) in [7, 11) is -1.95. The number of ether oxygens (including phenoxy) is 1. The zero-order valence-electron chi connectivity index (χ0n) is 8.25. The third-order valence-electron chi connectivity index (χ3n) is 1.44. The van der Waals surface area contributed by atoms with Crippen LogP contribution in [0.5, 0.6) is 0 Å². The second-order valence-electron chi connectivity index (χ2n) is 3.04. The van der Waals surface area contributed by atoms with Crippen LogP contribution in [0.1, 0.15) is 13.8 Å². The Balaban J connectivity index is 4.89. The third kappa shape index (κ3) is 4.67. The Morgan fingerprint density at radius 1 is 1.31 bits per heavy atom. The van der Waals surface area contributed by atoms with E-state index in [1.54, 1.807) is 13.8 Å². The van der Waals surface area contributed by atoms with Gasteiger partial charge in [-0.2, -0.15) is 0 Å². The van der Waals surface area contributed by atoms with E-state index in [9.17, 15) is 13.2 Å². The van der Waals surface area contributed by atoms with E-state index in [1.807, 2.05) is 0 Å². The lowest BCUT2D eigenvalue weighted by Gasteiger charge is -2.05. The SMILES string of the molecule is COC(=O)C(CS(C)(=O)=O)=C(C)C. The first kappa shape index (κ1) is 12.2. The molecule has 0 aromatic carbocycles. The summed E-state index contributed by atoms with van der Waals surface area (Å²) in [6.45, 7) is 3.36. The molecule has 0 saturated carbocycles. The Kier molecular flexibility index (Phi) is 4.13. The van der Waals surface area contributed by atoms with Crippen LogP contribution in [0.25, 0.3) is 0 Å². The largest absolute Gasteiger partial charge is 0.466 e. The van der Waals surface area contributed by atoms with Gasteiger partial charge in [-0.1, -0.05) is 5.57 Å². The van der Waals surface area contributed by atoms with E-state index >= 15 is 0 Å². The van der Waals surface area contributed by atoms with Crippen molar-refractivity contribution in [1.29, 1.82) is 0 Å². The lowest BCUT2D eigenvalue weighted by Crippen LogP contribution is -2.16. The molecule has 0 bridgehead atoms. The van der Waals surface area contributed by atoms with Crippen LogP contribution in [0.4, 0.5) is 0 Å². The maximum absolute atomic E-state index is 11.1. The van der Waals surface area contributed by atoms with E-state index in [0.717, 1.165) is 6.26 Å². The maximum atomic E-state index is 11.1. The quantitative estimate of drug-likeness (QED) is 0.499. The molecule has 0 aromatic rings. The summed E-state index contributed by atoms with van der Waals surface area (Å²) in [5, 5.41) is 0. The minimum Gasteiger partial charge on any atom is -0.466 e. The average Bonchev–Trinajstić information content (AvgIpc) is 1.96. The molecule has 0 heterocycles. The number of carbonyl (C=O) groups is 1. The molecule has 0 spiro atoms. The third-order valence-corrected chi connectivity index (χ3v) is 2.25. The number of carbonyl (C=O) groups excluding carboxylic acids is 1. The predicted octanol–water partition coefficient (Wildman–Crippen LogP) is 0.540. The normalized spacial score (nSPS) is 10.8. The fraction of sp³-hybridized carbons (Fsp3) is 0.625. The predicted molar refractivity (Wildman–Crippen MR) is 50.1 cm³/mol. The molecule has 0 atom stereocenters. The van der Waals surface area contributed by atoms with Crippen molar-refractivity contribution < 1.29 is 17.9 Å². The first-order valence-corrected chi connectivity index (χ1v) is 5.76. The molecule has 0 fully saturated rings. The van der Waals surface area contributed by atoms with Gasteiger partial charge < -0.3 is 4.74 Å². The molecule has 0 aliphatic carbocycles. The van der Waals surface area contributed by atoms with Gasteiger partial charge in [-0.15, -0.1) is 0 Å². The highest BCUT2D eigenvalue weighted by molar-refractivity contribution is 7.90. The number of rotatable bonds is 3. The Hall–Kier alpha value is -0.840. The molecule has 0 aromatic heterocycles. The van der Waals surface area contributed by atoms with Gasteiger partial charge >= 0.3 is 5.97 Å². The van der Waals surface area contributed by atoms with E-state index in [2.05, 4.69) is 4.74 Å². The summed E-state index contributed by atoms with van der Waals surface area (Å²) in [4.78, 5) is 11.1. The Morgan fingerprint density at radius 3 is 2.00 bits per heavy atom. The molecule has 0 saturated heterocycles. The lowest BCUT2D eigenvalue weighted by atomic mass is 10.2. The summed E-state index contributed by atoms with van der Waals surface area (Å²) in [6.07, 6.45) is 1.08. The van der Waals surface area contributed by atoms with Gasteiger partial charge in [0.1, 0.15) is 0 Å². The van der Waals surface area contributed by atoms with Crippen LogP contribution < -0.4 is 0 Å². The van der Waals surface area contributed by atoms with Crippen molar-refractivity contribution >= 4 is 15.8 Å². The fourth-order valence-electron chi connectivity index (χ4n) is 0.793. The molecule has 0 unspecified atom stereocenters. The van der Waals surface area contributed by atoms with E-state index in [-0.39, 0.29) is 11.3 Å². The molecular formula is C8H14O4S. The molecule has 0 aliphatic rings. The topological polar surface area (TPSA) is 60.4 Å². The molecule has 0 rings (SSSR count). The maximum Gasteiger partial charge on any atom is 0.334 e. The van der Waals surface area contributed by atoms with Crippen LogP contribution in [0.2, 0.25) is 0 Å². The molecule has 0 N–H and O–H groups in total. The van der Waals surface area contributed by atoms with E-state index in [1.165, 1.54) is 7.11 Å². The molecular weight excluding hydrogens is 192 g/mol. The van der Waals surface area contributed by atoms with E-state index < -0.39 is 15.8 Å². The van der Waals surface area contributed by atoms with E-state index in [0.29, 0.717) is 5.57 Å². The van der Waals surface area contributed by atoms with Crippen LogP contribution in [-0.2, 0) is 19.4 Å². The number of hydrogen-bond acceptors (Lipinski definition) is 4. The number of esters is 1. The van der Waals surface area contributed by atoms with Gasteiger partial charge in [-0.3, -0.25) is 0 Å². The van der Waals surface area contributed by atoms with Crippen LogP contribution in [0, 0.1) is 0 Å². The Morgan fingerprint density at radius 2 is 1.77 bits per heavy atom. The zero-order chi connectivity index (χ0) is 10.6. The molecule has 0 amide bonds. The van der Waals surface area contributed by atoms with Crippen molar-refractivity contribution in [3.05, 3.63) is 11.1 Å². The van der Waals surface area contributed by atoms with Crippen molar-refractivity contribution in [2.75, 3.05) is 19.1 Å². The van der Waals surface area contributed by atoms with Gasteiger partial charge in [-0.05, 0) is 13.8 Å². The highest BCUT2D eigenvalue weighted by Gasteiger charge is 2.16. The van der Waals surface area contributed by atoms with Crippen molar-refractivity contribution in [1.82, 2.24) is 0 Å². The number of hydrogen-bond donors (Lipinski definition) is 0. The zero-order valence-corrected chi connectivity index (χ0v) is 9.06. The summed E-state index contributed by atoms with van der Waals surface area (Å²) in [5.41, 5.74) is 0.877. The van der Waals surface area contributed by atoms with Crippen LogP contribution in [0.3, 0.4) is 0 Å². The second-order valence-corrected chi connectivity index (χ2v) is 5.18. The van der Waals surface area contributed by atoms with Gasteiger partial charge in [-0.25, -0.2) is 13.2 Å². The highest BCUT2D eigenvalue weighted by atomic mass is 32.2. The molecule has 5 heteroatoms. The number of allylic oxidation sites excluding steroid dienone is 1. The minimum atomic E-state index is -3.18.